The Balaban J connectivity index is 2.06. The van der Waals surface area contributed by atoms with Gasteiger partial charge in [-0.2, -0.15) is 10.5 Å². The summed E-state index contributed by atoms with van der Waals surface area (Å²) in [6.45, 7) is 5.34. The summed E-state index contributed by atoms with van der Waals surface area (Å²) in [7, 11) is 2.12. The molecule has 23 heavy (non-hydrogen) atoms. The van der Waals surface area contributed by atoms with Gasteiger partial charge in [-0.3, -0.25) is 4.90 Å². The van der Waals surface area contributed by atoms with Crippen molar-refractivity contribution in [3.05, 3.63) is 41.3 Å². The lowest BCUT2D eigenvalue weighted by Crippen LogP contribution is -2.31. The average Bonchev–Trinajstić information content (AvgIpc) is 2.93. The van der Waals surface area contributed by atoms with E-state index in [2.05, 4.69) is 31.1 Å². The van der Waals surface area contributed by atoms with Gasteiger partial charge in [0.05, 0.1) is 0 Å². The van der Waals surface area contributed by atoms with Crippen molar-refractivity contribution >= 4 is 16.7 Å². The first kappa shape index (κ1) is 15.1. The Morgan fingerprint density at radius 2 is 2.09 bits per heavy atom. The molecular formula is C18H18N4O. The molecule has 0 amide bonds. The molecule has 1 N–H and O–H groups in total. The number of fused-ring (bicyclic) bond motifs is 3. The zero-order chi connectivity index (χ0) is 16.6. The van der Waals surface area contributed by atoms with E-state index in [0.717, 1.165) is 29.0 Å². The molecule has 0 saturated carbocycles. The Morgan fingerprint density at radius 1 is 1.35 bits per heavy atom. The van der Waals surface area contributed by atoms with Crippen LogP contribution >= 0.6 is 0 Å². The third-order valence-corrected chi connectivity index (χ3v) is 4.47. The second-order valence-corrected chi connectivity index (χ2v) is 6.03. The fourth-order valence-corrected chi connectivity index (χ4v) is 3.16. The maximum atomic E-state index is 8.79. The summed E-state index contributed by atoms with van der Waals surface area (Å²) in [5.41, 5.74) is 2.98. The van der Waals surface area contributed by atoms with Gasteiger partial charge in [0.25, 0.3) is 0 Å². The molecule has 0 spiro atoms. The highest BCUT2D eigenvalue weighted by Crippen LogP contribution is 2.42. The van der Waals surface area contributed by atoms with Crippen LogP contribution in [0.3, 0.4) is 0 Å². The summed E-state index contributed by atoms with van der Waals surface area (Å²) in [5, 5.41) is 21.7. The van der Waals surface area contributed by atoms with E-state index in [0.29, 0.717) is 12.0 Å². The minimum atomic E-state index is 0.0426. The van der Waals surface area contributed by atoms with Gasteiger partial charge in [0.15, 0.2) is 0 Å². The Bertz CT molecular complexity index is 849. The number of hydrogen-bond acceptors (Lipinski definition) is 5. The monoisotopic (exact) mass is 306 g/mol. The highest BCUT2D eigenvalue weighted by Gasteiger charge is 2.31. The third kappa shape index (κ3) is 2.56. The van der Waals surface area contributed by atoms with Crippen LogP contribution in [-0.2, 0) is 0 Å². The SMILES string of the molecule is CC1CN(C)C(C)c2c1oc1ccc(NC=C(C#N)C#N)cc21. The van der Waals surface area contributed by atoms with E-state index in [-0.39, 0.29) is 5.57 Å². The smallest absolute Gasteiger partial charge is 0.145 e. The van der Waals surface area contributed by atoms with Crippen molar-refractivity contribution in [3.8, 4) is 12.1 Å². The summed E-state index contributed by atoms with van der Waals surface area (Å²) in [4.78, 5) is 2.32. The predicted octanol–water partition coefficient (Wildman–Crippen LogP) is 3.89. The lowest BCUT2D eigenvalue weighted by atomic mass is 9.92. The first-order valence-corrected chi connectivity index (χ1v) is 7.58. The second-order valence-electron chi connectivity index (χ2n) is 6.03. The van der Waals surface area contributed by atoms with Crippen LogP contribution in [0.4, 0.5) is 5.69 Å². The highest BCUT2D eigenvalue weighted by molar-refractivity contribution is 5.86. The number of nitrogens with zero attached hydrogens (tertiary/aromatic N) is 3. The first-order chi connectivity index (χ1) is 11.0. The van der Waals surface area contributed by atoms with E-state index in [1.165, 1.54) is 11.8 Å². The van der Waals surface area contributed by atoms with E-state index >= 15 is 0 Å². The van der Waals surface area contributed by atoms with E-state index in [1.54, 1.807) is 0 Å². The molecular weight excluding hydrogens is 288 g/mol. The minimum Gasteiger partial charge on any atom is -0.460 e. The van der Waals surface area contributed by atoms with Gasteiger partial charge in [-0.1, -0.05) is 6.92 Å². The number of benzene rings is 1. The quantitative estimate of drug-likeness (QED) is 0.852. The maximum absolute atomic E-state index is 8.79. The van der Waals surface area contributed by atoms with Crippen molar-refractivity contribution in [2.45, 2.75) is 25.8 Å². The van der Waals surface area contributed by atoms with Crippen LogP contribution in [0.5, 0.6) is 0 Å². The summed E-state index contributed by atoms with van der Waals surface area (Å²) < 4.78 is 6.07. The number of nitrogens with one attached hydrogen (secondary N) is 1. The molecule has 3 rings (SSSR count). The minimum absolute atomic E-state index is 0.0426. The summed E-state index contributed by atoms with van der Waals surface area (Å²) in [6.07, 6.45) is 1.42. The van der Waals surface area contributed by atoms with Crippen LogP contribution in [-0.4, -0.2) is 18.5 Å². The lowest BCUT2D eigenvalue weighted by Gasteiger charge is -2.33. The van der Waals surface area contributed by atoms with Crippen LogP contribution in [0, 0.1) is 22.7 Å². The molecule has 2 unspecified atom stereocenters. The van der Waals surface area contributed by atoms with Gasteiger partial charge in [0.2, 0.25) is 0 Å². The Kier molecular flexibility index (Phi) is 3.82. The zero-order valence-corrected chi connectivity index (χ0v) is 13.4. The fourth-order valence-electron chi connectivity index (χ4n) is 3.16. The van der Waals surface area contributed by atoms with E-state index in [4.69, 9.17) is 14.9 Å². The van der Waals surface area contributed by atoms with Gasteiger partial charge in [0.1, 0.15) is 29.1 Å². The molecule has 1 aliphatic heterocycles. The van der Waals surface area contributed by atoms with Crippen LogP contribution in [0.25, 0.3) is 11.0 Å². The maximum Gasteiger partial charge on any atom is 0.145 e. The Labute approximate surface area is 135 Å². The van der Waals surface area contributed by atoms with Crippen LogP contribution in [0.2, 0.25) is 0 Å². The molecule has 0 bridgehead atoms. The van der Waals surface area contributed by atoms with E-state index < -0.39 is 0 Å². The number of hydrogen-bond donors (Lipinski definition) is 1. The Hall–Kier alpha value is -2.76. The van der Waals surface area contributed by atoms with Gasteiger partial charge < -0.3 is 9.73 Å². The van der Waals surface area contributed by atoms with Gasteiger partial charge in [0, 0.05) is 41.3 Å². The van der Waals surface area contributed by atoms with Gasteiger partial charge in [-0.15, -0.1) is 0 Å². The van der Waals surface area contributed by atoms with Crippen molar-refractivity contribution in [1.29, 1.82) is 10.5 Å². The largest absolute Gasteiger partial charge is 0.460 e. The summed E-state index contributed by atoms with van der Waals surface area (Å²) >= 11 is 0. The molecule has 1 aromatic heterocycles. The van der Waals surface area contributed by atoms with Crippen molar-refractivity contribution in [2.75, 3.05) is 18.9 Å². The molecule has 116 valence electrons. The van der Waals surface area contributed by atoms with Crippen molar-refractivity contribution < 1.29 is 4.42 Å². The van der Waals surface area contributed by atoms with Crippen LogP contribution in [0.1, 0.15) is 37.1 Å². The first-order valence-electron chi connectivity index (χ1n) is 7.58. The van der Waals surface area contributed by atoms with Crippen LogP contribution < -0.4 is 5.32 Å². The lowest BCUT2D eigenvalue weighted by molar-refractivity contribution is 0.215. The van der Waals surface area contributed by atoms with Crippen LogP contribution in [0.15, 0.2) is 34.4 Å². The molecule has 0 aliphatic carbocycles. The Morgan fingerprint density at radius 3 is 2.78 bits per heavy atom. The van der Waals surface area contributed by atoms with Gasteiger partial charge >= 0.3 is 0 Å². The molecule has 0 saturated heterocycles. The third-order valence-electron chi connectivity index (χ3n) is 4.47. The normalized spacial score (nSPS) is 20.4. The number of likely N-dealkylation sites (N-methyl/N-ethyl adjacent to an activating group) is 1. The number of nitriles is 2. The molecule has 0 fully saturated rings. The number of furan rings is 1. The summed E-state index contributed by atoms with van der Waals surface area (Å²) in [5.74, 6) is 1.42. The van der Waals surface area contributed by atoms with Gasteiger partial charge in [-0.05, 0) is 32.2 Å². The van der Waals surface area contributed by atoms with Gasteiger partial charge in [-0.25, -0.2) is 0 Å². The van der Waals surface area contributed by atoms with Crippen molar-refractivity contribution in [3.63, 3.8) is 0 Å². The molecule has 1 aromatic carbocycles. The topological polar surface area (TPSA) is 76.0 Å². The standard InChI is InChI=1S/C18H18N4O/c1-11-10-22(3)12(2)17-15-6-14(21-9-13(7-19)8-20)4-5-16(15)23-18(11)17/h4-6,9,11-12,21H,10H2,1-3H3. The number of allylic oxidation sites excluding steroid dienone is 1. The predicted molar refractivity (Wildman–Crippen MR) is 88.6 cm³/mol. The summed E-state index contributed by atoms with van der Waals surface area (Å²) in [6, 6.07) is 9.80. The fraction of sp³-hybridized carbons (Fsp3) is 0.333. The number of rotatable bonds is 2. The number of anilines is 1. The van der Waals surface area contributed by atoms with E-state index in [1.807, 2.05) is 30.3 Å². The molecule has 2 heterocycles. The zero-order valence-electron chi connectivity index (χ0n) is 13.4. The van der Waals surface area contributed by atoms with E-state index in [9.17, 15) is 0 Å². The molecule has 1 aliphatic rings. The molecule has 2 atom stereocenters. The molecule has 5 nitrogen and oxygen atoms in total. The average molecular weight is 306 g/mol. The van der Waals surface area contributed by atoms with Crippen molar-refractivity contribution in [2.24, 2.45) is 0 Å². The molecule has 2 aromatic rings. The second kappa shape index (κ2) is 5.79. The molecule has 0 radical (unpaired) electrons. The van der Waals surface area contributed by atoms with Crippen molar-refractivity contribution in [1.82, 2.24) is 4.90 Å². The molecule has 5 heteroatoms. The highest BCUT2D eigenvalue weighted by atomic mass is 16.3.